The lowest BCUT2D eigenvalue weighted by Gasteiger charge is -2.01. The van der Waals surface area contributed by atoms with E-state index in [0.29, 0.717) is 11.3 Å². The van der Waals surface area contributed by atoms with Gasteiger partial charge in [-0.25, -0.2) is 14.3 Å². The molecule has 0 aliphatic heterocycles. The molecule has 2 aromatic rings. The minimum Gasteiger partial charge on any atom is -0.476 e. The molecule has 0 saturated carbocycles. The van der Waals surface area contributed by atoms with E-state index in [1.165, 1.54) is 0 Å². The van der Waals surface area contributed by atoms with Gasteiger partial charge in [-0.3, -0.25) is 0 Å². The summed E-state index contributed by atoms with van der Waals surface area (Å²) in [7, 11) is 0. The number of nitrogens with zero attached hydrogens (tertiary/aromatic N) is 3. The lowest BCUT2D eigenvalue weighted by atomic mass is 10.2. The third-order valence-electron chi connectivity index (χ3n) is 2.16. The van der Waals surface area contributed by atoms with Crippen LogP contribution < -0.4 is 0 Å². The highest BCUT2D eigenvalue weighted by atomic mass is 16.4. The Balaban J connectivity index is 2.79. The Morgan fingerprint density at radius 2 is 2.27 bits per heavy atom. The van der Waals surface area contributed by atoms with Crippen LogP contribution in [0.25, 0.3) is 5.52 Å². The molecular formula is C10H11N3O2. The first-order valence-corrected chi connectivity index (χ1v) is 4.68. The number of carbonyl (C=O) groups is 1. The topological polar surface area (TPSA) is 67.5 Å². The van der Waals surface area contributed by atoms with Crippen LogP contribution in [0.4, 0.5) is 0 Å². The van der Waals surface area contributed by atoms with E-state index in [-0.39, 0.29) is 11.6 Å². The highest BCUT2D eigenvalue weighted by Crippen LogP contribution is 2.17. The van der Waals surface area contributed by atoms with E-state index in [1.807, 2.05) is 13.8 Å². The van der Waals surface area contributed by atoms with Gasteiger partial charge in [0.15, 0.2) is 5.69 Å². The van der Waals surface area contributed by atoms with Crippen molar-refractivity contribution >= 4 is 11.5 Å². The Morgan fingerprint density at radius 3 is 2.87 bits per heavy atom. The Labute approximate surface area is 86.4 Å². The van der Waals surface area contributed by atoms with Gasteiger partial charge in [0.25, 0.3) is 0 Å². The molecule has 2 aromatic heterocycles. The number of imidazole rings is 1. The smallest absolute Gasteiger partial charge is 0.356 e. The van der Waals surface area contributed by atoms with Crippen LogP contribution in [0.1, 0.15) is 36.1 Å². The maximum absolute atomic E-state index is 10.9. The predicted molar refractivity (Wildman–Crippen MR) is 54.0 cm³/mol. The Morgan fingerprint density at radius 1 is 1.53 bits per heavy atom. The molecule has 1 N–H and O–H groups in total. The number of rotatable bonds is 2. The summed E-state index contributed by atoms with van der Waals surface area (Å²) in [5.74, 6) is -0.212. The van der Waals surface area contributed by atoms with E-state index in [4.69, 9.17) is 5.11 Å². The van der Waals surface area contributed by atoms with Gasteiger partial charge in [0, 0.05) is 12.1 Å². The van der Waals surface area contributed by atoms with Crippen molar-refractivity contribution in [1.82, 2.24) is 14.6 Å². The monoisotopic (exact) mass is 205 g/mol. The van der Waals surface area contributed by atoms with Gasteiger partial charge in [0.2, 0.25) is 0 Å². The van der Waals surface area contributed by atoms with E-state index in [9.17, 15) is 4.79 Å². The fourth-order valence-electron chi connectivity index (χ4n) is 1.48. The molecule has 2 rings (SSSR count). The Bertz CT molecular complexity index is 516. The molecular weight excluding hydrogens is 194 g/mol. The first-order chi connectivity index (χ1) is 7.11. The lowest BCUT2D eigenvalue weighted by molar-refractivity contribution is 0.0693. The first kappa shape index (κ1) is 9.64. The summed E-state index contributed by atoms with van der Waals surface area (Å²) in [5.41, 5.74) is 0.598. The highest BCUT2D eigenvalue weighted by molar-refractivity contribution is 5.93. The molecule has 15 heavy (non-hydrogen) atoms. The number of carboxylic acid groups (broad SMARTS) is 1. The number of hydrogen-bond acceptors (Lipinski definition) is 3. The summed E-state index contributed by atoms with van der Waals surface area (Å²) < 4.78 is 1.58. The molecule has 2 heterocycles. The molecule has 0 spiro atoms. The van der Waals surface area contributed by atoms with Crippen molar-refractivity contribution in [3.8, 4) is 0 Å². The van der Waals surface area contributed by atoms with Gasteiger partial charge in [-0.15, -0.1) is 0 Å². The standard InChI is InChI=1S/C10H11N3O2/c1-6(2)9-12-8(10(14)15)7-4-3-5-11-13(7)9/h3-6H,1-2H3,(H,14,15). The van der Waals surface area contributed by atoms with Crippen LogP contribution in [0.15, 0.2) is 18.3 Å². The zero-order chi connectivity index (χ0) is 11.0. The number of hydrogen-bond donors (Lipinski definition) is 1. The van der Waals surface area contributed by atoms with Crippen LogP contribution in [-0.4, -0.2) is 25.7 Å². The highest BCUT2D eigenvalue weighted by Gasteiger charge is 2.18. The molecule has 0 aromatic carbocycles. The molecule has 78 valence electrons. The number of fused-ring (bicyclic) bond motifs is 1. The van der Waals surface area contributed by atoms with E-state index >= 15 is 0 Å². The molecule has 0 aliphatic carbocycles. The first-order valence-electron chi connectivity index (χ1n) is 4.68. The molecule has 0 radical (unpaired) electrons. The van der Waals surface area contributed by atoms with Gasteiger partial charge in [-0.2, -0.15) is 5.10 Å². The molecule has 5 heteroatoms. The van der Waals surface area contributed by atoms with Crippen LogP contribution in [0, 0.1) is 0 Å². The molecule has 5 nitrogen and oxygen atoms in total. The molecule has 0 atom stereocenters. The average molecular weight is 205 g/mol. The maximum Gasteiger partial charge on any atom is 0.356 e. The van der Waals surface area contributed by atoms with Crippen molar-refractivity contribution < 1.29 is 9.90 Å². The normalized spacial score (nSPS) is 11.1. The van der Waals surface area contributed by atoms with Crippen molar-refractivity contribution in [1.29, 1.82) is 0 Å². The Kier molecular flexibility index (Phi) is 2.15. The second kappa shape index (κ2) is 3.34. The molecule has 0 saturated heterocycles. The molecule has 0 amide bonds. The van der Waals surface area contributed by atoms with E-state index in [1.54, 1.807) is 22.8 Å². The van der Waals surface area contributed by atoms with E-state index < -0.39 is 5.97 Å². The summed E-state index contributed by atoms with van der Waals surface area (Å²) >= 11 is 0. The molecule has 0 unspecified atom stereocenters. The quantitative estimate of drug-likeness (QED) is 0.807. The largest absolute Gasteiger partial charge is 0.476 e. The van der Waals surface area contributed by atoms with Crippen LogP contribution in [0.5, 0.6) is 0 Å². The molecule has 0 fully saturated rings. The summed E-state index contributed by atoms with van der Waals surface area (Å²) in [5, 5.41) is 13.1. The number of aromatic nitrogens is 3. The van der Waals surface area contributed by atoms with Crippen molar-refractivity contribution in [2.75, 3.05) is 0 Å². The molecule has 0 aliphatic rings. The van der Waals surface area contributed by atoms with Crippen LogP contribution in [0.3, 0.4) is 0 Å². The van der Waals surface area contributed by atoms with E-state index in [2.05, 4.69) is 10.1 Å². The zero-order valence-corrected chi connectivity index (χ0v) is 8.51. The third-order valence-corrected chi connectivity index (χ3v) is 2.16. The lowest BCUT2D eigenvalue weighted by Crippen LogP contribution is -1.99. The van der Waals surface area contributed by atoms with Crippen LogP contribution in [0.2, 0.25) is 0 Å². The maximum atomic E-state index is 10.9. The SMILES string of the molecule is CC(C)c1nc(C(=O)O)c2cccnn12. The summed E-state index contributed by atoms with van der Waals surface area (Å²) in [4.78, 5) is 15.0. The van der Waals surface area contributed by atoms with Crippen molar-refractivity contribution in [2.45, 2.75) is 19.8 Å². The van der Waals surface area contributed by atoms with Gasteiger partial charge in [0.05, 0.1) is 5.52 Å². The second-order valence-corrected chi connectivity index (χ2v) is 3.60. The van der Waals surface area contributed by atoms with Crippen molar-refractivity contribution in [2.24, 2.45) is 0 Å². The van der Waals surface area contributed by atoms with Gasteiger partial charge < -0.3 is 5.11 Å². The summed E-state index contributed by atoms with van der Waals surface area (Å²) in [6, 6.07) is 3.41. The number of carboxylic acids is 1. The minimum atomic E-state index is -1.02. The van der Waals surface area contributed by atoms with Gasteiger partial charge in [0.1, 0.15) is 5.82 Å². The van der Waals surface area contributed by atoms with Gasteiger partial charge in [-0.05, 0) is 12.1 Å². The fourth-order valence-corrected chi connectivity index (χ4v) is 1.48. The second-order valence-electron chi connectivity index (χ2n) is 3.60. The average Bonchev–Trinajstić information content (AvgIpc) is 2.56. The number of aromatic carboxylic acids is 1. The fraction of sp³-hybridized carbons (Fsp3) is 0.300. The van der Waals surface area contributed by atoms with Gasteiger partial charge in [-0.1, -0.05) is 13.8 Å². The molecule has 0 bridgehead atoms. The summed E-state index contributed by atoms with van der Waals surface area (Å²) in [6.07, 6.45) is 1.62. The van der Waals surface area contributed by atoms with E-state index in [0.717, 1.165) is 0 Å². The van der Waals surface area contributed by atoms with Crippen molar-refractivity contribution in [3.63, 3.8) is 0 Å². The van der Waals surface area contributed by atoms with Crippen molar-refractivity contribution in [3.05, 3.63) is 29.8 Å². The zero-order valence-electron chi connectivity index (χ0n) is 8.51. The predicted octanol–water partition coefficient (Wildman–Crippen LogP) is 1.55. The van der Waals surface area contributed by atoms with Gasteiger partial charge >= 0.3 is 5.97 Å². The minimum absolute atomic E-state index is 0.0619. The summed E-state index contributed by atoms with van der Waals surface area (Å²) in [6.45, 7) is 3.91. The van der Waals surface area contributed by atoms with Crippen LogP contribution >= 0.6 is 0 Å². The van der Waals surface area contributed by atoms with Crippen LogP contribution in [-0.2, 0) is 0 Å². The third kappa shape index (κ3) is 1.45. The Hall–Kier alpha value is -1.91.